The van der Waals surface area contributed by atoms with E-state index in [1.54, 1.807) is 19.9 Å². The van der Waals surface area contributed by atoms with Crippen molar-refractivity contribution in [3.05, 3.63) is 22.8 Å². The van der Waals surface area contributed by atoms with Gasteiger partial charge >= 0.3 is 0 Å². The number of carbonyl (C=O) groups is 2. The van der Waals surface area contributed by atoms with Gasteiger partial charge in [0.25, 0.3) is 0 Å². The minimum absolute atomic E-state index is 0.359. The van der Waals surface area contributed by atoms with E-state index in [2.05, 4.69) is 0 Å². The van der Waals surface area contributed by atoms with Crippen LogP contribution in [0.15, 0.2) is 22.8 Å². The van der Waals surface area contributed by atoms with E-state index in [1.807, 2.05) is 6.92 Å². The summed E-state index contributed by atoms with van der Waals surface area (Å²) < 4.78 is 0. The molecule has 0 unspecified atom stereocenters. The van der Waals surface area contributed by atoms with E-state index in [9.17, 15) is 9.59 Å². The number of carbonyl (C=O) groups excluding carboxylic acids is 2. The summed E-state index contributed by atoms with van der Waals surface area (Å²) in [6.07, 6.45) is 1.75. The third-order valence-corrected chi connectivity index (χ3v) is 1.93. The molecule has 0 aliphatic heterocycles. The largest absolute Gasteiger partial charge is 0.285 e. The molecule has 2 nitrogen and oxygen atoms in total. The number of Topliss-reactive ketones (excluding diaryl/α,β-unsaturated/α-hetero) is 2. The SMILES string of the molecule is CC1=CC(C)=C(C)C(=O)C1=O. The molecular weight excluding hydrogens is 140 g/mol. The Labute approximate surface area is 65.6 Å². The number of allylic oxidation sites excluding steroid dienone is 4. The van der Waals surface area contributed by atoms with Crippen LogP contribution in [0, 0.1) is 0 Å². The summed E-state index contributed by atoms with van der Waals surface area (Å²) in [5, 5.41) is 0. The molecule has 1 rings (SSSR count). The average Bonchev–Trinajstić information content (AvgIpc) is 1.97. The molecule has 1 aliphatic carbocycles. The lowest BCUT2D eigenvalue weighted by atomic mass is 9.93. The van der Waals surface area contributed by atoms with E-state index >= 15 is 0 Å². The highest BCUT2D eigenvalue weighted by Crippen LogP contribution is 2.16. The fourth-order valence-corrected chi connectivity index (χ4v) is 1.03. The fourth-order valence-electron chi connectivity index (χ4n) is 1.03. The van der Waals surface area contributed by atoms with E-state index < -0.39 is 0 Å². The number of ketones is 2. The molecule has 0 aromatic rings. The summed E-state index contributed by atoms with van der Waals surface area (Å²) in [6, 6.07) is 0. The zero-order valence-electron chi connectivity index (χ0n) is 6.89. The predicted octanol–water partition coefficient (Wildman–Crippen LogP) is 1.42. The van der Waals surface area contributed by atoms with Crippen molar-refractivity contribution in [1.29, 1.82) is 0 Å². The maximum absolute atomic E-state index is 11.1. The molecule has 0 amide bonds. The molecule has 0 saturated carbocycles. The van der Waals surface area contributed by atoms with Crippen molar-refractivity contribution in [2.45, 2.75) is 20.8 Å². The minimum atomic E-state index is -0.367. The lowest BCUT2D eigenvalue weighted by Crippen LogP contribution is -2.20. The number of hydrogen-bond donors (Lipinski definition) is 0. The zero-order valence-corrected chi connectivity index (χ0v) is 6.89. The summed E-state index contributed by atoms with van der Waals surface area (Å²) in [5.41, 5.74) is 2.01. The third-order valence-electron chi connectivity index (χ3n) is 1.93. The Kier molecular flexibility index (Phi) is 1.77. The van der Waals surface area contributed by atoms with Crippen molar-refractivity contribution in [3.63, 3.8) is 0 Å². The molecule has 0 aromatic carbocycles. The maximum atomic E-state index is 11.1. The van der Waals surface area contributed by atoms with Gasteiger partial charge < -0.3 is 0 Å². The lowest BCUT2D eigenvalue weighted by Gasteiger charge is -2.09. The van der Waals surface area contributed by atoms with Gasteiger partial charge in [0.2, 0.25) is 11.6 Å². The first-order valence-corrected chi connectivity index (χ1v) is 3.49. The van der Waals surface area contributed by atoms with Crippen LogP contribution in [0.3, 0.4) is 0 Å². The average molecular weight is 150 g/mol. The lowest BCUT2D eigenvalue weighted by molar-refractivity contribution is -0.132. The second-order valence-corrected chi connectivity index (χ2v) is 2.79. The predicted molar refractivity (Wildman–Crippen MR) is 42.1 cm³/mol. The van der Waals surface area contributed by atoms with Crippen LogP contribution >= 0.6 is 0 Å². The van der Waals surface area contributed by atoms with Gasteiger partial charge in [-0.05, 0) is 26.3 Å². The Bertz CT molecular complexity index is 289. The molecular formula is C9H10O2. The zero-order chi connectivity index (χ0) is 8.59. The van der Waals surface area contributed by atoms with Gasteiger partial charge in [-0.3, -0.25) is 9.59 Å². The molecule has 0 radical (unpaired) electrons. The van der Waals surface area contributed by atoms with Crippen molar-refractivity contribution < 1.29 is 9.59 Å². The quantitative estimate of drug-likeness (QED) is 0.386. The molecule has 0 fully saturated rings. The normalized spacial score (nSPS) is 19.0. The summed E-state index contributed by atoms with van der Waals surface area (Å²) >= 11 is 0. The van der Waals surface area contributed by atoms with Crippen molar-refractivity contribution >= 4 is 11.6 Å². The maximum Gasteiger partial charge on any atom is 0.229 e. The highest BCUT2D eigenvalue weighted by atomic mass is 16.2. The highest BCUT2D eigenvalue weighted by Gasteiger charge is 2.22. The van der Waals surface area contributed by atoms with Crippen LogP contribution in [-0.4, -0.2) is 11.6 Å². The first kappa shape index (κ1) is 7.92. The van der Waals surface area contributed by atoms with Crippen molar-refractivity contribution in [1.82, 2.24) is 0 Å². The van der Waals surface area contributed by atoms with Gasteiger partial charge in [-0.15, -0.1) is 0 Å². The van der Waals surface area contributed by atoms with E-state index in [-0.39, 0.29) is 11.6 Å². The highest BCUT2D eigenvalue weighted by molar-refractivity contribution is 6.49. The Hall–Kier alpha value is -1.18. The van der Waals surface area contributed by atoms with Crippen LogP contribution in [0.1, 0.15) is 20.8 Å². The van der Waals surface area contributed by atoms with Crippen LogP contribution in [0.5, 0.6) is 0 Å². The Morgan fingerprint density at radius 2 is 1.55 bits per heavy atom. The van der Waals surface area contributed by atoms with Gasteiger partial charge in [-0.25, -0.2) is 0 Å². The van der Waals surface area contributed by atoms with E-state index in [4.69, 9.17) is 0 Å². The molecule has 0 aromatic heterocycles. The van der Waals surface area contributed by atoms with Crippen LogP contribution in [0.25, 0.3) is 0 Å². The van der Waals surface area contributed by atoms with Crippen LogP contribution in [0.2, 0.25) is 0 Å². The molecule has 0 heterocycles. The molecule has 0 bridgehead atoms. The van der Waals surface area contributed by atoms with E-state index in [0.717, 1.165) is 5.57 Å². The molecule has 0 spiro atoms. The minimum Gasteiger partial charge on any atom is -0.285 e. The van der Waals surface area contributed by atoms with E-state index in [1.165, 1.54) is 0 Å². The topological polar surface area (TPSA) is 34.1 Å². The summed E-state index contributed by atoms with van der Waals surface area (Å²) in [7, 11) is 0. The van der Waals surface area contributed by atoms with Crippen LogP contribution < -0.4 is 0 Å². The Morgan fingerprint density at radius 3 is 2.09 bits per heavy atom. The van der Waals surface area contributed by atoms with Gasteiger partial charge in [-0.2, -0.15) is 0 Å². The number of rotatable bonds is 0. The van der Waals surface area contributed by atoms with Gasteiger partial charge in [0.15, 0.2) is 0 Å². The first-order valence-electron chi connectivity index (χ1n) is 3.49. The monoisotopic (exact) mass is 150 g/mol. The number of hydrogen-bond acceptors (Lipinski definition) is 2. The van der Waals surface area contributed by atoms with Crippen LogP contribution in [-0.2, 0) is 9.59 Å². The molecule has 11 heavy (non-hydrogen) atoms. The second kappa shape index (κ2) is 2.46. The van der Waals surface area contributed by atoms with Gasteiger partial charge in [-0.1, -0.05) is 6.08 Å². The summed E-state index contributed by atoms with van der Waals surface area (Å²) in [5.74, 6) is -0.726. The molecule has 58 valence electrons. The van der Waals surface area contributed by atoms with Crippen molar-refractivity contribution in [2.24, 2.45) is 0 Å². The smallest absolute Gasteiger partial charge is 0.229 e. The van der Waals surface area contributed by atoms with Gasteiger partial charge in [0, 0.05) is 11.1 Å². The van der Waals surface area contributed by atoms with Crippen LogP contribution in [0.4, 0.5) is 0 Å². The van der Waals surface area contributed by atoms with Gasteiger partial charge in [0.05, 0.1) is 0 Å². The molecule has 1 aliphatic rings. The standard InChI is InChI=1S/C9H10O2/c1-5-4-6(2)8(10)9(11)7(5)3/h4H,1-3H3. The Balaban J connectivity index is 3.22. The van der Waals surface area contributed by atoms with E-state index in [0.29, 0.717) is 11.1 Å². The Morgan fingerprint density at radius 1 is 1.00 bits per heavy atom. The second-order valence-electron chi connectivity index (χ2n) is 2.79. The fraction of sp³-hybridized carbons (Fsp3) is 0.333. The molecule has 0 atom stereocenters. The molecule has 2 heteroatoms. The third kappa shape index (κ3) is 1.16. The summed E-state index contributed by atoms with van der Waals surface area (Å²) in [4.78, 5) is 22.1. The molecule has 0 N–H and O–H groups in total. The summed E-state index contributed by atoms with van der Waals surface area (Å²) in [6.45, 7) is 5.18. The molecule has 0 saturated heterocycles. The van der Waals surface area contributed by atoms with Crippen molar-refractivity contribution in [3.8, 4) is 0 Å². The van der Waals surface area contributed by atoms with Crippen molar-refractivity contribution in [2.75, 3.05) is 0 Å². The van der Waals surface area contributed by atoms with Gasteiger partial charge in [0.1, 0.15) is 0 Å². The first-order chi connectivity index (χ1) is 5.04.